The van der Waals surface area contributed by atoms with E-state index in [1.54, 1.807) is 6.92 Å². The minimum absolute atomic E-state index is 0.0246. The number of aromatic nitrogens is 3. The number of ether oxygens (including phenoxy) is 1. The van der Waals surface area contributed by atoms with Gasteiger partial charge in [0.15, 0.2) is 6.10 Å². The smallest absolute Gasteiger partial charge is 0.341 e. The number of anilines is 1. The highest BCUT2D eigenvalue weighted by Gasteiger charge is 2.33. The minimum atomic E-state index is -1.12. The van der Waals surface area contributed by atoms with Gasteiger partial charge in [-0.05, 0) is 44.7 Å². The second-order valence-electron chi connectivity index (χ2n) is 7.90. The van der Waals surface area contributed by atoms with Crippen molar-refractivity contribution >= 4 is 17.8 Å². The zero-order valence-corrected chi connectivity index (χ0v) is 17.0. The van der Waals surface area contributed by atoms with Crippen LogP contribution in [0.4, 0.5) is 5.88 Å². The van der Waals surface area contributed by atoms with Crippen LogP contribution in [-0.4, -0.2) is 37.9 Å². The normalized spacial score (nSPS) is 16.0. The van der Waals surface area contributed by atoms with Crippen LogP contribution in [0, 0.1) is 0 Å². The summed E-state index contributed by atoms with van der Waals surface area (Å²) < 4.78 is 13.3. The maximum atomic E-state index is 12.8. The van der Waals surface area contributed by atoms with E-state index in [9.17, 15) is 14.7 Å². The van der Waals surface area contributed by atoms with Gasteiger partial charge in [0.05, 0.1) is 5.69 Å². The summed E-state index contributed by atoms with van der Waals surface area (Å²) in [6.45, 7) is 1.58. The quantitative estimate of drug-likeness (QED) is 0.599. The molecular formula is C22H22N4O5. The molecule has 0 spiro atoms. The monoisotopic (exact) mass is 422 g/mol. The Morgan fingerprint density at radius 2 is 2.00 bits per heavy atom. The van der Waals surface area contributed by atoms with Gasteiger partial charge in [-0.3, -0.25) is 10.1 Å². The van der Waals surface area contributed by atoms with E-state index in [-0.39, 0.29) is 17.5 Å². The van der Waals surface area contributed by atoms with E-state index < -0.39 is 18.0 Å². The average Bonchev–Trinajstić information content (AvgIpc) is 3.20. The summed E-state index contributed by atoms with van der Waals surface area (Å²) in [4.78, 5) is 24.5. The van der Waals surface area contributed by atoms with Crippen molar-refractivity contribution in [2.45, 2.75) is 51.0 Å². The Hall–Kier alpha value is -3.62. The molecule has 1 atom stereocenters. The van der Waals surface area contributed by atoms with Crippen LogP contribution in [0.25, 0.3) is 5.69 Å². The Labute approximate surface area is 178 Å². The second-order valence-corrected chi connectivity index (χ2v) is 7.90. The number of nitrogens with one attached hydrogen (secondary N) is 1. The van der Waals surface area contributed by atoms with E-state index in [4.69, 9.17) is 9.15 Å². The number of furan rings is 1. The van der Waals surface area contributed by atoms with Crippen molar-refractivity contribution in [1.82, 2.24) is 14.8 Å². The summed E-state index contributed by atoms with van der Waals surface area (Å²) in [7, 11) is 0. The molecule has 0 bridgehead atoms. The first-order valence-corrected chi connectivity index (χ1v) is 10.4. The number of carbonyl (C=O) groups is 2. The molecule has 2 heterocycles. The third-order valence-electron chi connectivity index (χ3n) is 5.64. The molecule has 9 nitrogen and oxygen atoms in total. The Morgan fingerprint density at radius 3 is 2.71 bits per heavy atom. The van der Waals surface area contributed by atoms with Gasteiger partial charge < -0.3 is 14.3 Å². The van der Waals surface area contributed by atoms with E-state index in [1.165, 1.54) is 0 Å². The van der Waals surface area contributed by atoms with Crippen LogP contribution in [0.5, 0.6) is 6.01 Å². The van der Waals surface area contributed by atoms with Crippen molar-refractivity contribution < 1.29 is 23.8 Å². The average molecular weight is 422 g/mol. The molecule has 160 valence electrons. The van der Waals surface area contributed by atoms with Gasteiger partial charge in [0.25, 0.3) is 5.91 Å². The second kappa shape index (κ2) is 7.57. The van der Waals surface area contributed by atoms with Gasteiger partial charge in [0.2, 0.25) is 5.88 Å². The number of benzene rings is 1. The molecule has 2 N–H and O–H groups in total. The topological polar surface area (TPSA) is 119 Å². The number of nitrogens with zero attached hydrogens (tertiary/aromatic N) is 3. The van der Waals surface area contributed by atoms with Gasteiger partial charge in [-0.25, -0.2) is 9.36 Å². The Bertz CT molecular complexity index is 1150. The van der Waals surface area contributed by atoms with Gasteiger partial charge in [-0.2, -0.15) is 0 Å². The van der Waals surface area contributed by atoms with Gasteiger partial charge in [-0.1, -0.05) is 23.3 Å². The highest BCUT2D eigenvalue weighted by molar-refractivity contribution is 6.01. The summed E-state index contributed by atoms with van der Waals surface area (Å²) in [6, 6.07) is 9.82. The Morgan fingerprint density at radius 1 is 1.23 bits per heavy atom. The molecule has 5 rings (SSSR count). The molecule has 1 amide bonds. The molecule has 1 aromatic carbocycles. The van der Waals surface area contributed by atoms with Crippen molar-refractivity contribution in [2.24, 2.45) is 0 Å². The number of carboxylic acid groups (broad SMARTS) is 1. The van der Waals surface area contributed by atoms with Gasteiger partial charge >= 0.3 is 12.0 Å². The standard InChI is InChI=1S/C22H22N4O5/c1-12(19(27)23-20-17(21(28)29)15-8-5-9-16(15)31-20)30-22-25-24-18(13-10-11-13)26(22)14-6-3-2-4-7-14/h2-4,6-7,12-13H,5,8-11H2,1H3,(H,23,27)(H,28,29). The highest BCUT2D eigenvalue weighted by atomic mass is 16.5. The molecule has 0 saturated heterocycles. The highest BCUT2D eigenvalue weighted by Crippen LogP contribution is 2.41. The first-order chi connectivity index (χ1) is 15.0. The molecule has 1 saturated carbocycles. The number of amides is 1. The maximum absolute atomic E-state index is 12.8. The molecule has 0 aliphatic heterocycles. The van der Waals surface area contributed by atoms with Crippen LogP contribution in [0.3, 0.4) is 0 Å². The number of carbonyl (C=O) groups excluding carboxylic acids is 1. The first kappa shape index (κ1) is 19.3. The lowest BCUT2D eigenvalue weighted by Gasteiger charge is -2.15. The summed E-state index contributed by atoms with van der Waals surface area (Å²) in [5.74, 6) is 0.0847. The van der Waals surface area contributed by atoms with Gasteiger partial charge in [-0.15, -0.1) is 5.10 Å². The van der Waals surface area contributed by atoms with Crippen LogP contribution >= 0.6 is 0 Å². The number of carboxylic acids is 1. The Kier molecular flexibility index (Phi) is 4.72. The zero-order valence-electron chi connectivity index (χ0n) is 17.0. The van der Waals surface area contributed by atoms with Crippen molar-refractivity contribution in [3.8, 4) is 11.7 Å². The number of hydrogen-bond acceptors (Lipinski definition) is 6. The molecule has 9 heteroatoms. The fraction of sp³-hybridized carbons (Fsp3) is 0.364. The van der Waals surface area contributed by atoms with Crippen molar-refractivity contribution in [3.63, 3.8) is 0 Å². The molecule has 1 unspecified atom stereocenters. The molecule has 2 aromatic heterocycles. The van der Waals surface area contributed by atoms with Crippen LogP contribution < -0.4 is 10.1 Å². The molecule has 1 fully saturated rings. The minimum Gasteiger partial charge on any atom is -0.477 e. The number of rotatable bonds is 7. The third kappa shape index (κ3) is 3.56. The van der Waals surface area contributed by atoms with E-state index in [1.807, 2.05) is 34.9 Å². The van der Waals surface area contributed by atoms with Gasteiger partial charge in [0.1, 0.15) is 17.1 Å². The fourth-order valence-corrected chi connectivity index (χ4v) is 3.93. The number of aryl methyl sites for hydroxylation is 1. The largest absolute Gasteiger partial charge is 0.477 e. The molecular weight excluding hydrogens is 400 g/mol. The summed E-state index contributed by atoms with van der Waals surface area (Å²) >= 11 is 0. The van der Waals surface area contributed by atoms with Crippen molar-refractivity contribution in [3.05, 3.63) is 53.0 Å². The van der Waals surface area contributed by atoms with Crippen molar-refractivity contribution in [1.29, 1.82) is 0 Å². The number of para-hydroxylation sites is 1. The summed E-state index contributed by atoms with van der Waals surface area (Å²) in [5.41, 5.74) is 1.54. The summed E-state index contributed by atoms with van der Waals surface area (Å²) in [5, 5.41) is 20.6. The van der Waals surface area contributed by atoms with E-state index in [0.29, 0.717) is 30.1 Å². The molecule has 31 heavy (non-hydrogen) atoms. The Balaban J connectivity index is 1.37. The zero-order chi connectivity index (χ0) is 21.5. The third-order valence-corrected chi connectivity index (χ3v) is 5.64. The molecule has 2 aliphatic carbocycles. The number of fused-ring (bicyclic) bond motifs is 1. The lowest BCUT2D eigenvalue weighted by Crippen LogP contribution is -2.31. The van der Waals surface area contributed by atoms with Crippen LogP contribution in [0.2, 0.25) is 0 Å². The first-order valence-electron chi connectivity index (χ1n) is 10.4. The lowest BCUT2D eigenvalue weighted by atomic mass is 10.1. The lowest BCUT2D eigenvalue weighted by molar-refractivity contribution is -0.122. The van der Waals surface area contributed by atoms with E-state index in [2.05, 4.69) is 15.5 Å². The predicted molar refractivity (Wildman–Crippen MR) is 110 cm³/mol. The number of hydrogen-bond donors (Lipinski definition) is 2. The molecule has 3 aromatic rings. The number of aromatic carboxylic acids is 1. The fourth-order valence-electron chi connectivity index (χ4n) is 3.93. The SMILES string of the molecule is CC(Oc1nnc(C2CC2)n1-c1ccccc1)C(=O)Nc1oc2c(c1C(=O)O)CCC2. The van der Waals surface area contributed by atoms with E-state index >= 15 is 0 Å². The van der Waals surface area contributed by atoms with Crippen LogP contribution in [0.1, 0.15) is 59.6 Å². The van der Waals surface area contributed by atoms with Gasteiger partial charge in [0, 0.05) is 17.9 Å². The van der Waals surface area contributed by atoms with Crippen molar-refractivity contribution in [2.75, 3.05) is 5.32 Å². The predicted octanol–water partition coefficient (Wildman–Crippen LogP) is 3.33. The van der Waals surface area contributed by atoms with Crippen LogP contribution in [0.15, 0.2) is 34.7 Å². The molecule has 0 radical (unpaired) electrons. The molecule has 2 aliphatic rings. The summed E-state index contributed by atoms with van der Waals surface area (Å²) in [6.07, 6.45) is 3.29. The van der Waals surface area contributed by atoms with Crippen LogP contribution in [-0.2, 0) is 17.6 Å². The van der Waals surface area contributed by atoms with E-state index in [0.717, 1.165) is 30.8 Å². The maximum Gasteiger partial charge on any atom is 0.341 e.